The molecule has 39 heavy (non-hydrogen) atoms. The summed E-state index contributed by atoms with van der Waals surface area (Å²) in [6.45, 7) is 3.90. The van der Waals surface area contributed by atoms with Gasteiger partial charge in [0.1, 0.15) is 23.3 Å². The fourth-order valence-electron chi connectivity index (χ4n) is 5.19. The number of hydrogen-bond donors (Lipinski definition) is 1. The monoisotopic (exact) mass is 537 g/mol. The van der Waals surface area contributed by atoms with E-state index in [0.717, 1.165) is 43.5 Å². The normalized spacial score (nSPS) is 15.9. The van der Waals surface area contributed by atoms with Crippen LogP contribution in [0.3, 0.4) is 0 Å². The molecule has 3 aromatic rings. The van der Waals surface area contributed by atoms with Gasteiger partial charge in [-0.3, -0.25) is 10.0 Å². The van der Waals surface area contributed by atoms with Gasteiger partial charge in [-0.2, -0.15) is 18.4 Å². The second kappa shape index (κ2) is 10.6. The van der Waals surface area contributed by atoms with Crippen LogP contribution in [0.2, 0.25) is 0 Å². The predicted octanol–water partition coefficient (Wildman–Crippen LogP) is 5.33. The number of pyridine rings is 2. The van der Waals surface area contributed by atoms with Crippen LogP contribution in [0, 0.1) is 24.2 Å². The van der Waals surface area contributed by atoms with Gasteiger partial charge in [-0.25, -0.2) is 9.97 Å². The highest BCUT2D eigenvalue weighted by Gasteiger charge is 2.35. The Hall–Kier alpha value is -4.04. The molecular weight excluding hydrogens is 507 g/mol. The molecule has 0 spiro atoms. The van der Waals surface area contributed by atoms with Gasteiger partial charge in [-0.1, -0.05) is 6.07 Å². The second-order valence-electron chi connectivity index (χ2n) is 9.97. The van der Waals surface area contributed by atoms with Gasteiger partial charge in [0.05, 0.1) is 23.6 Å². The first kappa shape index (κ1) is 26.6. The molecule has 1 fully saturated rings. The number of nitrogens with zero attached hydrogens (tertiary/aromatic N) is 6. The first-order chi connectivity index (χ1) is 18.6. The van der Waals surface area contributed by atoms with Crippen molar-refractivity contribution in [1.29, 1.82) is 5.26 Å². The number of halogens is 3. The number of hydrazine groups is 2. The standard InChI is InChI=1S/C28H30F3N7O/c1-18-5-4-6-26(33-18)38-12-9-19(10-13-38)11-14-39-25-8-7-20(15-21(25)28(29,30)31)22-16-24-27(23(17-32)34-22)37(3)35-36(24)2/h4-8,15-16,19,35H,9-14H2,1-3H3. The van der Waals surface area contributed by atoms with Gasteiger partial charge in [-0.05, 0) is 68.5 Å². The molecule has 1 saturated heterocycles. The number of alkyl halides is 3. The topological polar surface area (TPSA) is 80.5 Å². The van der Waals surface area contributed by atoms with Crippen LogP contribution in [-0.4, -0.2) is 43.8 Å². The van der Waals surface area contributed by atoms with E-state index in [1.807, 2.05) is 31.2 Å². The van der Waals surface area contributed by atoms with E-state index in [1.165, 1.54) is 6.07 Å². The Morgan fingerprint density at radius 1 is 1.08 bits per heavy atom. The van der Waals surface area contributed by atoms with Crippen LogP contribution in [0.25, 0.3) is 11.3 Å². The summed E-state index contributed by atoms with van der Waals surface area (Å²) >= 11 is 0. The van der Waals surface area contributed by atoms with Crippen LogP contribution in [0.5, 0.6) is 5.75 Å². The highest BCUT2D eigenvalue weighted by Crippen LogP contribution is 2.41. The summed E-state index contributed by atoms with van der Waals surface area (Å²) in [7, 11) is 3.50. The van der Waals surface area contributed by atoms with E-state index in [2.05, 4.69) is 20.4 Å². The molecule has 0 radical (unpaired) electrons. The Bertz CT molecular complexity index is 1400. The molecule has 1 aromatic carbocycles. The van der Waals surface area contributed by atoms with Gasteiger partial charge in [0.15, 0.2) is 5.69 Å². The average Bonchev–Trinajstić information content (AvgIpc) is 3.21. The van der Waals surface area contributed by atoms with Gasteiger partial charge >= 0.3 is 6.18 Å². The molecule has 204 valence electrons. The quantitative estimate of drug-likeness (QED) is 0.452. The number of hydrogen-bond acceptors (Lipinski definition) is 8. The fourth-order valence-corrected chi connectivity index (χ4v) is 5.19. The minimum Gasteiger partial charge on any atom is -0.493 e. The van der Waals surface area contributed by atoms with Crippen molar-refractivity contribution in [2.45, 2.75) is 32.4 Å². The third-order valence-electron chi connectivity index (χ3n) is 7.25. The van der Waals surface area contributed by atoms with Crippen molar-refractivity contribution in [2.75, 3.05) is 48.7 Å². The van der Waals surface area contributed by atoms with Gasteiger partial charge in [-0.15, -0.1) is 5.53 Å². The number of piperidine rings is 1. The van der Waals surface area contributed by atoms with E-state index < -0.39 is 11.7 Å². The summed E-state index contributed by atoms with van der Waals surface area (Å²) in [4.78, 5) is 11.2. The van der Waals surface area contributed by atoms with Crippen LogP contribution in [0.4, 0.5) is 30.4 Å². The Morgan fingerprint density at radius 2 is 1.85 bits per heavy atom. The molecule has 0 amide bonds. The molecule has 5 rings (SSSR count). The van der Waals surface area contributed by atoms with E-state index >= 15 is 0 Å². The zero-order valence-electron chi connectivity index (χ0n) is 22.1. The number of anilines is 3. The van der Waals surface area contributed by atoms with Gasteiger partial charge in [0.2, 0.25) is 0 Å². The van der Waals surface area contributed by atoms with E-state index in [0.29, 0.717) is 23.7 Å². The molecule has 2 aliphatic heterocycles. The van der Waals surface area contributed by atoms with E-state index in [9.17, 15) is 18.4 Å². The summed E-state index contributed by atoms with van der Waals surface area (Å²) < 4.78 is 47.8. The van der Waals surface area contributed by atoms with Crippen molar-refractivity contribution < 1.29 is 17.9 Å². The summed E-state index contributed by atoms with van der Waals surface area (Å²) in [5, 5.41) is 12.9. The zero-order valence-corrected chi connectivity index (χ0v) is 22.1. The van der Waals surface area contributed by atoms with Crippen LogP contribution < -0.4 is 25.2 Å². The van der Waals surface area contributed by atoms with E-state index in [-0.39, 0.29) is 29.3 Å². The Labute approximate surface area is 225 Å². The van der Waals surface area contributed by atoms with E-state index in [4.69, 9.17) is 4.74 Å². The van der Waals surface area contributed by atoms with E-state index in [1.54, 1.807) is 36.2 Å². The number of nitriles is 1. The van der Waals surface area contributed by atoms with Crippen molar-refractivity contribution in [3.05, 3.63) is 59.4 Å². The molecule has 2 aliphatic rings. The fraction of sp³-hybridized carbons (Fsp3) is 0.393. The Morgan fingerprint density at radius 3 is 2.54 bits per heavy atom. The SMILES string of the molecule is Cc1cccc(N2CCC(CCOc3ccc(-c4cc5c(c(C#N)n4)N(C)NN5C)cc3C(F)(F)F)CC2)n1. The lowest BCUT2D eigenvalue weighted by molar-refractivity contribution is -0.138. The maximum absolute atomic E-state index is 14.0. The van der Waals surface area contributed by atoms with Crippen LogP contribution in [-0.2, 0) is 6.18 Å². The molecule has 1 N–H and O–H groups in total. The van der Waals surface area contributed by atoms with Crippen molar-refractivity contribution in [2.24, 2.45) is 5.92 Å². The van der Waals surface area contributed by atoms with Gasteiger partial charge in [0.25, 0.3) is 0 Å². The molecule has 4 heterocycles. The smallest absolute Gasteiger partial charge is 0.419 e. The van der Waals surface area contributed by atoms with Crippen LogP contribution >= 0.6 is 0 Å². The lowest BCUT2D eigenvalue weighted by atomic mass is 9.94. The highest BCUT2D eigenvalue weighted by molar-refractivity contribution is 5.82. The van der Waals surface area contributed by atoms with Crippen molar-refractivity contribution in [1.82, 2.24) is 15.5 Å². The Kier molecular flexibility index (Phi) is 7.23. The first-order valence-corrected chi connectivity index (χ1v) is 12.9. The largest absolute Gasteiger partial charge is 0.493 e. The molecule has 0 aliphatic carbocycles. The van der Waals surface area contributed by atoms with Crippen molar-refractivity contribution >= 4 is 17.2 Å². The van der Waals surface area contributed by atoms with Crippen molar-refractivity contribution in [3.63, 3.8) is 0 Å². The molecule has 0 unspecified atom stereocenters. The number of fused-ring (bicyclic) bond motifs is 1. The number of rotatable bonds is 6. The molecule has 11 heteroatoms. The lowest BCUT2D eigenvalue weighted by Gasteiger charge is -2.33. The summed E-state index contributed by atoms with van der Waals surface area (Å²) in [5.41, 5.74) is 5.01. The number of benzene rings is 1. The molecule has 0 saturated carbocycles. The minimum absolute atomic E-state index is 0.125. The number of aromatic nitrogens is 2. The number of nitrogens with one attached hydrogen (secondary N) is 1. The second-order valence-corrected chi connectivity index (χ2v) is 9.97. The van der Waals surface area contributed by atoms with Gasteiger partial charge < -0.3 is 9.64 Å². The summed E-state index contributed by atoms with van der Waals surface area (Å²) in [6, 6.07) is 13.6. The summed E-state index contributed by atoms with van der Waals surface area (Å²) in [5.74, 6) is 1.14. The average molecular weight is 538 g/mol. The lowest BCUT2D eigenvalue weighted by Crippen LogP contribution is -2.39. The molecular formula is C28H30F3N7O. The predicted molar refractivity (Wildman–Crippen MR) is 143 cm³/mol. The molecule has 0 bridgehead atoms. The van der Waals surface area contributed by atoms with Crippen LogP contribution in [0.15, 0.2) is 42.5 Å². The van der Waals surface area contributed by atoms with Gasteiger partial charge in [0, 0.05) is 38.4 Å². The van der Waals surface area contributed by atoms with Crippen molar-refractivity contribution in [3.8, 4) is 23.1 Å². The first-order valence-electron chi connectivity index (χ1n) is 12.9. The van der Waals surface area contributed by atoms with Crippen LogP contribution in [0.1, 0.15) is 36.2 Å². The Balaban J connectivity index is 1.27. The maximum Gasteiger partial charge on any atom is 0.419 e. The third-order valence-corrected chi connectivity index (χ3v) is 7.25. The highest BCUT2D eigenvalue weighted by atomic mass is 19.4. The third kappa shape index (κ3) is 5.56. The number of aryl methyl sites for hydroxylation is 1. The molecule has 8 nitrogen and oxygen atoms in total. The maximum atomic E-state index is 14.0. The summed E-state index contributed by atoms with van der Waals surface area (Å²) in [6.07, 6.45) is -2.05. The molecule has 0 atom stereocenters. The minimum atomic E-state index is -4.61. The zero-order chi connectivity index (χ0) is 27.7. The number of ether oxygens (including phenoxy) is 1. The molecule has 2 aromatic heterocycles.